The number of rotatable bonds is 8. The van der Waals surface area contributed by atoms with Gasteiger partial charge in [0.25, 0.3) is 5.91 Å². The number of amides is 1. The molecular weight excluding hydrogens is 476 g/mol. The van der Waals surface area contributed by atoms with Gasteiger partial charge in [0.2, 0.25) is 5.95 Å². The second kappa shape index (κ2) is 11.2. The first-order chi connectivity index (χ1) is 18.4. The van der Waals surface area contributed by atoms with Crippen LogP contribution in [0.2, 0.25) is 0 Å². The van der Waals surface area contributed by atoms with Crippen LogP contribution in [0.25, 0.3) is 0 Å². The van der Waals surface area contributed by atoms with Gasteiger partial charge in [-0.3, -0.25) is 4.79 Å². The Hall–Kier alpha value is -3.98. The third-order valence-electron chi connectivity index (χ3n) is 7.30. The summed E-state index contributed by atoms with van der Waals surface area (Å²) in [6.45, 7) is 11.6. The molecule has 1 unspecified atom stereocenters. The Balaban J connectivity index is 1.37. The van der Waals surface area contributed by atoms with E-state index in [-0.39, 0.29) is 5.91 Å². The third kappa shape index (κ3) is 5.62. The van der Waals surface area contributed by atoms with Gasteiger partial charge in [0.1, 0.15) is 17.2 Å². The number of carbonyl (C=O) groups excluding carboxylic acids is 1. The van der Waals surface area contributed by atoms with Crippen molar-refractivity contribution < 1.29 is 4.79 Å². The molecule has 2 aromatic heterocycles. The molecule has 5 rings (SSSR count). The van der Waals surface area contributed by atoms with Crippen LogP contribution in [0.4, 0.5) is 29.0 Å². The lowest BCUT2D eigenvalue weighted by atomic mass is 10.1. The molecule has 198 valence electrons. The molecule has 1 aromatic carbocycles. The highest BCUT2D eigenvalue weighted by molar-refractivity contribution is 5.99. The number of hydrogen-bond acceptors (Lipinski definition) is 8. The van der Waals surface area contributed by atoms with Gasteiger partial charge in [0, 0.05) is 55.5 Å². The summed E-state index contributed by atoms with van der Waals surface area (Å²) >= 11 is 0. The number of aromatic nitrogens is 3. The molecule has 3 N–H and O–H groups in total. The number of hydrogen-bond donors (Lipinski definition) is 3. The van der Waals surface area contributed by atoms with Gasteiger partial charge in [-0.1, -0.05) is 19.1 Å². The van der Waals surface area contributed by atoms with E-state index in [2.05, 4.69) is 81.4 Å². The average Bonchev–Trinajstić information content (AvgIpc) is 3.28. The molecule has 3 heterocycles. The first kappa shape index (κ1) is 25.7. The number of aryl methyl sites for hydroxylation is 1. The predicted molar refractivity (Wildman–Crippen MR) is 153 cm³/mol. The average molecular weight is 513 g/mol. The van der Waals surface area contributed by atoms with Gasteiger partial charge in [-0.2, -0.15) is 4.98 Å². The van der Waals surface area contributed by atoms with E-state index in [0.29, 0.717) is 41.7 Å². The van der Waals surface area contributed by atoms with Crippen molar-refractivity contribution >= 4 is 34.9 Å². The van der Waals surface area contributed by atoms with Gasteiger partial charge < -0.3 is 25.8 Å². The second-order valence-electron chi connectivity index (χ2n) is 10.2. The molecule has 1 aliphatic carbocycles. The Kier molecular flexibility index (Phi) is 7.55. The van der Waals surface area contributed by atoms with Crippen LogP contribution in [0.1, 0.15) is 47.8 Å². The van der Waals surface area contributed by atoms with Crippen LogP contribution in [0.15, 0.2) is 55.3 Å². The predicted octanol–water partition coefficient (Wildman–Crippen LogP) is 4.46. The normalized spacial score (nSPS) is 19.1. The minimum atomic E-state index is -0.279. The molecule has 1 aliphatic heterocycles. The fourth-order valence-corrected chi connectivity index (χ4v) is 5.19. The van der Waals surface area contributed by atoms with E-state index in [4.69, 9.17) is 4.98 Å². The van der Waals surface area contributed by atoms with Gasteiger partial charge in [-0.25, -0.2) is 9.97 Å². The van der Waals surface area contributed by atoms with Gasteiger partial charge in [-0.15, -0.1) is 6.58 Å². The molecule has 38 heavy (non-hydrogen) atoms. The maximum atomic E-state index is 12.8. The minimum Gasteiger partial charge on any atom is -0.366 e. The topological polar surface area (TPSA) is 98.3 Å². The van der Waals surface area contributed by atoms with E-state index in [1.807, 2.05) is 18.2 Å². The van der Waals surface area contributed by atoms with Crippen LogP contribution < -0.4 is 20.9 Å². The SMILES string of the molecule is C=CCNC(=O)c1cnc(Nc2ccc(N3CCN(C)C[C@H]3C)cc2)nc1Nc1ccc2c(n1)C(C)CC2. The zero-order valence-corrected chi connectivity index (χ0v) is 22.4. The summed E-state index contributed by atoms with van der Waals surface area (Å²) < 4.78 is 0. The van der Waals surface area contributed by atoms with Crippen LogP contribution in [0, 0.1) is 0 Å². The van der Waals surface area contributed by atoms with E-state index < -0.39 is 0 Å². The minimum absolute atomic E-state index is 0.279. The number of nitrogens with one attached hydrogen (secondary N) is 3. The number of likely N-dealkylation sites (N-methyl/N-ethyl adjacent to an activating group) is 1. The van der Waals surface area contributed by atoms with Gasteiger partial charge in [-0.05, 0) is 68.6 Å². The Morgan fingerprint density at radius 2 is 1.92 bits per heavy atom. The van der Waals surface area contributed by atoms with E-state index in [9.17, 15) is 4.79 Å². The van der Waals surface area contributed by atoms with E-state index in [0.717, 1.165) is 43.9 Å². The van der Waals surface area contributed by atoms with E-state index in [1.165, 1.54) is 17.4 Å². The molecule has 0 radical (unpaired) electrons. The summed E-state index contributed by atoms with van der Waals surface area (Å²) in [5.41, 5.74) is 4.80. The van der Waals surface area contributed by atoms with Crippen molar-refractivity contribution in [3.63, 3.8) is 0 Å². The fourth-order valence-electron chi connectivity index (χ4n) is 5.19. The highest BCUT2D eigenvalue weighted by Crippen LogP contribution is 2.32. The zero-order valence-electron chi connectivity index (χ0n) is 22.4. The number of nitrogens with zero attached hydrogens (tertiary/aromatic N) is 5. The molecule has 0 saturated carbocycles. The Labute approximate surface area is 224 Å². The molecule has 9 nitrogen and oxygen atoms in total. The van der Waals surface area contributed by atoms with Gasteiger partial charge >= 0.3 is 0 Å². The Bertz CT molecular complexity index is 1310. The number of pyridine rings is 1. The summed E-state index contributed by atoms with van der Waals surface area (Å²) in [5.74, 6) is 1.58. The van der Waals surface area contributed by atoms with Crippen LogP contribution in [-0.4, -0.2) is 65.0 Å². The van der Waals surface area contributed by atoms with Crippen LogP contribution in [-0.2, 0) is 6.42 Å². The second-order valence-corrected chi connectivity index (χ2v) is 10.2. The van der Waals surface area contributed by atoms with Gasteiger partial charge in [0.05, 0.1) is 0 Å². The summed E-state index contributed by atoms with van der Waals surface area (Å²) in [6, 6.07) is 12.8. The first-order valence-corrected chi connectivity index (χ1v) is 13.3. The quantitative estimate of drug-likeness (QED) is 0.381. The maximum Gasteiger partial charge on any atom is 0.256 e. The maximum absolute atomic E-state index is 12.8. The standard InChI is InChI=1S/C29H36N8O/c1-5-14-30-28(38)24-17-31-29(35-27(24)34-25-13-8-21-7-6-19(2)26(21)33-25)32-22-9-11-23(12-10-22)37-16-15-36(4)18-20(37)3/h5,8-13,17,19-20H,1,6-7,14-16,18H2,2-4H3,(H,30,38)(H2,31,32,33,34,35)/t19?,20-/m1/s1. The van der Waals surface area contributed by atoms with Crippen LogP contribution in [0.3, 0.4) is 0 Å². The highest BCUT2D eigenvalue weighted by atomic mass is 16.1. The Morgan fingerprint density at radius 1 is 1.11 bits per heavy atom. The van der Waals surface area contributed by atoms with Crippen molar-refractivity contribution in [3.05, 3.63) is 72.1 Å². The largest absolute Gasteiger partial charge is 0.366 e. The van der Waals surface area contributed by atoms with Crippen LogP contribution >= 0.6 is 0 Å². The lowest BCUT2D eigenvalue weighted by Gasteiger charge is -2.39. The number of carbonyl (C=O) groups is 1. The Morgan fingerprint density at radius 3 is 2.68 bits per heavy atom. The molecule has 1 saturated heterocycles. The smallest absolute Gasteiger partial charge is 0.256 e. The third-order valence-corrected chi connectivity index (χ3v) is 7.30. The molecule has 0 spiro atoms. The number of benzene rings is 1. The molecular formula is C29H36N8O. The van der Waals surface area contributed by atoms with Crippen molar-refractivity contribution in [1.29, 1.82) is 0 Å². The lowest BCUT2D eigenvalue weighted by Crippen LogP contribution is -2.50. The van der Waals surface area contributed by atoms with E-state index >= 15 is 0 Å². The summed E-state index contributed by atoms with van der Waals surface area (Å²) in [7, 11) is 2.17. The molecule has 9 heteroatoms. The van der Waals surface area contributed by atoms with E-state index in [1.54, 1.807) is 6.08 Å². The van der Waals surface area contributed by atoms with Crippen molar-refractivity contribution in [2.75, 3.05) is 48.8 Å². The molecule has 1 fully saturated rings. The zero-order chi connectivity index (χ0) is 26.6. The van der Waals surface area contributed by atoms with Crippen LogP contribution in [0.5, 0.6) is 0 Å². The van der Waals surface area contributed by atoms with Crippen molar-refractivity contribution in [1.82, 2.24) is 25.2 Å². The summed E-state index contributed by atoms with van der Waals surface area (Å²) in [5, 5.41) is 9.36. The molecule has 2 atom stereocenters. The lowest BCUT2D eigenvalue weighted by molar-refractivity contribution is 0.0958. The monoisotopic (exact) mass is 512 g/mol. The summed E-state index contributed by atoms with van der Waals surface area (Å²) in [4.78, 5) is 31.5. The molecule has 3 aromatic rings. The van der Waals surface area contributed by atoms with Gasteiger partial charge in [0.15, 0.2) is 0 Å². The number of piperazine rings is 1. The van der Waals surface area contributed by atoms with Crippen molar-refractivity contribution in [2.24, 2.45) is 0 Å². The highest BCUT2D eigenvalue weighted by Gasteiger charge is 2.23. The first-order valence-electron chi connectivity index (χ1n) is 13.3. The summed E-state index contributed by atoms with van der Waals surface area (Å²) in [6.07, 6.45) is 5.33. The van der Waals surface area contributed by atoms with Crippen molar-refractivity contribution in [3.8, 4) is 0 Å². The molecule has 0 bridgehead atoms. The number of fused-ring (bicyclic) bond motifs is 1. The van der Waals surface area contributed by atoms with Crippen molar-refractivity contribution in [2.45, 2.75) is 38.6 Å². The fraction of sp³-hybridized carbons (Fsp3) is 0.379. The molecule has 1 amide bonds. The molecule has 2 aliphatic rings. The number of anilines is 5.